The van der Waals surface area contributed by atoms with E-state index in [2.05, 4.69) is 5.32 Å². The molecule has 0 heterocycles. The highest BCUT2D eigenvalue weighted by molar-refractivity contribution is 4.94. The van der Waals surface area contributed by atoms with Crippen LogP contribution in [0.4, 0.5) is 0 Å². The second kappa shape index (κ2) is 2.67. The van der Waals surface area contributed by atoms with Gasteiger partial charge in [-0.3, -0.25) is 0 Å². The van der Waals surface area contributed by atoms with Gasteiger partial charge in [-0.05, 0) is 19.9 Å². The molecule has 0 bridgehead atoms. The summed E-state index contributed by atoms with van der Waals surface area (Å²) in [5.41, 5.74) is 0.517. The van der Waals surface area contributed by atoms with E-state index in [1.807, 2.05) is 7.05 Å². The molecule has 0 aromatic heterocycles. The molecule has 0 saturated heterocycles. The Bertz CT molecular complexity index is 80.9. The molecule has 1 fully saturated rings. The van der Waals surface area contributed by atoms with E-state index in [-0.39, 0.29) is 0 Å². The summed E-state index contributed by atoms with van der Waals surface area (Å²) < 4.78 is 5.08. The van der Waals surface area contributed by atoms with E-state index in [1.165, 1.54) is 12.8 Å². The molecule has 0 amide bonds. The third-order valence-electron chi connectivity index (χ3n) is 1.96. The quantitative estimate of drug-likeness (QED) is 0.601. The molecule has 0 unspecified atom stereocenters. The van der Waals surface area contributed by atoms with E-state index in [0.717, 1.165) is 13.2 Å². The molecule has 9 heavy (non-hydrogen) atoms. The van der Waals surface area contributed by atoms with Gasteiger partial charge in [0, 0.05) is 19.1 Å². The number of nitrogens with one attached hydrogen (secondary N) is 1. The first-order valence-corrected chi connectivity index (χ1v) is 3.46. The van der Waals surface area contributed by atoms with E-state index in [0.29, 0.717) is 5.41 Å². The fourth-order valence-electron chi connectivity index (χ4n) is 1.23. The van der Waals surface area contributed by atoms with Gasteiger partial charge >= 0.3 is 0 Å². The van der Waals surface area contributed by atoms with Crippen molar-refractivity contribution >= 4 is 0 Å². The Balaban J connectivity index is 2.17. The molecule has 0 aliphatic heterocycles. The summed E-state index contributed by atoms with van der Waals surface area (Å²) in [6.07, 6.45) is 2.67. The zero-order valence-electron chi connectivity index (χ0n) is 6.24. The van der Waals surface area contributed by atoms with Crippen molar-refractivity contribution in [2.24, 2.45) is 5.41 Å². The van der Waals surface area contributed by atoms with Crippen molar-refractivity contribution in [3.63, 3.8) is 0 Å². The van der Waals surface area contributed by atoms with Crippen LogP contribution >= 0.6 is 0 Å². The van der Waals surface area contributed by atoms with Crippen LogP contribution in [0.5, 0.6) is 0 Å². The monoisotopic (exact) mass is 129 g/mol. The summed E-state index contributed by atoms with van der Waals surface area (Å²) in [5.74, 6) is 0. The molecule has 1 N–H and O–H groups in total. The maximum absolute atomic E-state index is 5.08. The molecule has 2 nitrogen and oxygen atoms in total. The van der Waals surface area contributed by atoms with Crippen molar-refractivity contribution in [3.05, 3.63) is 0 Å². The largest absolute Gasteiger partial charge is 0.384 e. The molecular weight excluding hydrogens is 114 g/mol. The third-order valence-corrected chi connectivity index (χ3v) is 1.96. The van der Waals surface area contributed by atoms with Gasteiger partial charge in [0.2, 0.25) is 0 Å². The number of methoxy groups -OCH3 is 1. The van der Waals surface area contributed by atoms with Crippen LogP contribution in [-0.4, -0.2) is 27.3 Å². The minimum absolute atomic E-state index is 0.517. The van der Waals surface area contributed by atoms with Gasteiger partial charge in [0.25, 0.3) is 0 Å². The fraction of sp³-hybridized carbons (Fsp3) is 1.00. The molecule has 0 atom stereocenters. The van der Waals surface area contributed by atoms with E-state index < -0.39 is 0 Å². The predicted molar refractivity (Wildman–Crippen MR) is 37.5 cm³/mol. The van der Waals surface area contributed by atoms with E-state index >= 15 is 0 Å². The first-order valence-electron chi connectivity index (χ1n) is 3.46. The second-order valence-electron chi connectivity index (χ2n) is 2.96. The topological polar surface area (TPSA) is 21.3 Å². The van der Waals surface area contributed by atoms with Gasteiger partial charge in [0.15, 0.2) is 0 Å². The van der Waals surface area contributed by atoms with Gasteiger partial charge in [0.05, 0.1) is 6.61 Å². The van der Waals surface area contributed by atoms with Crippen molar-refractivity contribution in [2.45, 2.75) is 12.8 Å². The summed E-state index contributed by atoms with van der Waals surface area (Å²) in [7, 11) is 3.77. The van der Waals surface area contributed by atoms with E-state index in [4.69, 9.17) is 4.74 Å². The fourth-order valence-corrected chi connectivity index (χ4v) is 1.23. The predicted octanol–water partition coefficient (Wildman–Crippen LogP) is 0.632. The molecular formula is C7H15NO. The normalized spacial score (nSPS) is 22.0. The molecule has 1 aliphatic carbocycles. The Labute approximate surface area is 56.6 Å². The standard InChI is InChI=1S/C7H15NO/c1-8-5-7(3-4-7)6-9-2/h8H,3-6H2,1-2H3. The van der Waals surface area contributed by atoms with Crippen LogP contribution < -0.4 is 5.32 Å². The van der Waals surface area contributed by atoms with Gasteiger partial charge in [0.1, 0.15) is 0 Å². The van der Waals surface area contributed by atoms with Crippen LogP contribution in [0.15, 0.2) is 0 Å². The van der Waals surface area contributed by atoms with Crippen molar-refractivity contribution in [1.82, 2.24) is 5.32 Å². The molecule has 1 rings (SSSR count). The third kappa shape index (κ3) is 1.66. The number of hydrogen-bond donors (Lipinski definition) is 1. The summed E-state index contributed by atoms with van der Waals surface area (Å²) in [6.45, 7) is 2.04. The van der Waals surface area contributed by atoms with Crippen molar-refractivity contribution in [3.8, 4) is 0 Å². The van der Waals surface area contributed by atoms with Crippen LogP contribution in [0.25, 0.3) is 0 Å². The minimum Gasteiger partial charge on any atom is -0.384 e. The molecule has 0 radical (unpaired) electrons. The number of ether oxygens (including phenoxy) is 1. The van der Waals surface area contributed by atoms with Crippen LogP contribution in [0.1, 0.15) is 12.8 Å². The molecule has 1 saturated carbocycles. The SMILES string of the molecule is CNCC1(COC)CC1. The van der Waals surface area contributed by atoms with Gasteiger partial charge < -0.3 is 10.1 Å². The van der Waals surface area contributed by atoms with Crippen molar-refractivity contribution in [1.29, 1.82) is 0 Å². The summed E-state index contributed by atoms with van der Waals surface area (Å²) >= 11 is 0. The van der Waals surface area contributed by atoms with E-state index in [1.54, 1.807) is 7.11 Å². The van der Waals surface area contributed by atoms with Gasteiger partial charge in [-0.2, -0.15) is 0 Å². The molecule has 0 spiro atoms. The number of hydrogen-bond acceptors (Lipinski definition) is 2. The lowest BCUT2D eigenvalue weighted by Crippen LogP contribution is -2.23. The lowest BCUT2D eigenvalue weighted by atomic mass is 10.1. The lowest BCUT2D eigenvalue weighted by Gasteiger charge is -2.11. The molecule has 1 aliphatic rings. The Hall–Kier alpha value is -0.0800. The van der Waals surface area contributed by atoms with Gasteiger partial charge in [-0.1, -0.05) is 0 Å². The summed E-state index contributed by atoms with van der Waals surface area (Å²) in [4.78, 5) is 0. The average molecular weight is 129 g/mol. The average Bonchev–Trinajstić information content (AvgIpc) is 2.51. The Morgan fingerprint density at radius 3 is 2.56 bits per heavy atom. The highest BCUT2D eigenvalue weighted by atomic mass is 16.5. The molecule has 54 valence electrons. The smallest absolute Gasteiger partial charge is 0.0530 e. The van der Waals surface area contributed by atoms with E-state index in [9.17, 15) is 0 Å². The Morgan fingerprint density at radius 2 is 2.22 bits per heavy atom. The van der Waals surface area contributed by atoms with Crippen LogP contribution in [-0.2, 0) is 4.74 Å². The maximum atomic E-state index is 5.08. The molecule has 2 heteroatoms. The van der Waals surface area contributed by atoms with Gasteiger partial charge in [-0.15, -0.1) is 0 Å². The first-order chi connectivity index (χ1) is 4.33. The maximum Gasteiger partial charge on any atom is 0.0530 e. The summed E-state index contributed by atoms with van der Waals surface area (Å²) in [6, 6.07) is 0. The first kappa shape index (κ1) is 7.03. The summed E-state index contributed by atoms with van der Waals surface area (Å²) in [5, 5.41) is 3.18. The Morgan fingerprint density at radius 1 is 1.56 bits per heavy atom. The number of rotatable bonds is 4. The van der Waals surface area contributed by atoms with Crippen molar-refractivity contribution < 1.29 is 4.74 Å². The highest BCUT2D eigenvalue weighted by Crippen LogP contribution is 2.44. The highest BCUT2D eigenvalue weighted by Gasteiger charge is 2.41. The molecule has 0 aromatic rings. The zero-order chi connectivity index (χ0) is 6.74. The van der Waals surface area contributed by atoms with Crippen LogP contribution in [0.3, 0.4) is 0 Å². The van der Waals surface area contributed by atoms with Crippen molar-refractivity contribution in [2.75, 3.05) is 27.3 Å². The molecule has 0 aromatic carbocycles. The van der Waals surface area contributed by atoms with Gasteiger partial charge in [-0.25, -0.2) is 0 Å². The second-order valence-corrected chi connectivity index (χ2v) is 2.96. The zero-order valence-corrected chi connectivity index (χ0v) is 6.24. The Kier molecular flexibility index (Phi) is 2.09. The van der Waals surface area contributed by atoms with Crippen LogP contribution in [0.2, 0.25) is 0 Å². The van der Waals surface area contributed by atoms with Crippen LogP contribution in [0, 0.1) is 5.41 Å². The minimum atomic E-state index is 0.517. The lowest BCUT2D eigenvalue weighted by molar-refractivity contribution is 0.141.